The number of halogens is 3. The van der Waals surface area contributed by atoms with Gasteiger partial charge in [0.05, 0.1) is 48.4 Å². The Morgan fingerprint density at radius 3 is 2.62 bits per heavy atom. The Labute approximate surface area is 160 Å². The van der Waals surface area contributed by atoms with E-state index in [1.165, 1.54) is 12.1 Å². The maximum absolute atomic E-state index is 13.4. The van der Waals surface area contributed by atoms with Crippen LogP contribution in [0.4, 0.5) is 10.1 Å². The van der Waals surface area contributed by atoms with E-state index in [1.807, 2.05) is 0 Å². The third-order valence-electron chi connectivity index (χ3n) is 4.25. The topological polar surface area (TPSA) is 82.7 Å². The van der Waals surface area contributed by atoms with E-state index in [9.17, 15) is 14.0 Å². The minimum absolute atomic E-state index is 0.0131. The van der Waals surface area contributed by atoms with E-state index >= 15 is 0 Å². The number of nitrogens with one attached hydrogen (secondary N) is 3. The zero-order chi connectivity index (χ0) is 18.7. The van der Waals surface area contributed by atoms with Gasteiger partial charge in [-0.25, -0.2) is 4.39 Å². The molecule has 0 bridgehead atoms. The average molecular weight is 405 g/mol. The highest BCUT2D eigenvalue weighted by Gasteiger charge is 2.31. The van der Waals surface area contributed by atoms with Crippen LogP contribution in [0, 0.1) is 5.82 Å². The molecule has 10 heteroatoms. The van der Waals surface area contributed by atoms with Crippen LogP contribution in [0.3, 0.4) is 0 Å². The third-order valence-corrected chi connectivity index (χ3v) is 4.80. The Morgan fingerprint density at radius 2 is 1.96 bits per heavy atom. The quantitative estimate of drug-likeness (QED) is 0.663. The molecule has 2 heterocycles. The van der Waals surface area contributed by atoms with Crippen LogP contribution in [0.1, 0.15) is 12.8 Å². The van der Waals surface area contributed by atoms with Crippen molar-refractivity contribution in [3.05, 3.63) is 28.0 Å². The van der Waals surface area contributed by atoms with Gasteiger partial charge in [0.1, 0.15) is 0 Å². The molecule has 2 aliphatic rings. The van der Waals surface area contributed by atoms with Gasteiger partial charge in [-0.15, -0.1) is 0 Å². The Hall–Kier alpha value is -1.45. The third kappa shape index (κ3) is 4.83. The number of anilines is 1. The summed E-state index contributed by atoms with van der Waals surface area (Å²) < 4.78 is 18.8. The SMILES string of the molecule is O=C(CC1NC(=O)CC(N2CCOCC2)N1)Nc1cc(Cl)c(F)c(Cl)c1. The van der Waals surface area contributed by atoms with E-state index in [0.717, 1.165) is 13.1 Å². The van der Waals surface area contributed by atoms with Gasteiger partial charge in [-0.05, 0) is 12.1 Å². The van der Waals surface area contributed by atoms with Crippen LogP contribution < -0.4 is 16.0 Å². The summed E-state index contributed by atoms with van der Waals surface area (Å²) in [5, 5.41) is 8.28. The molecule has 1 aromatic carbocycles. The van der Waals surface area contributed by atoms with Crippen LogP contribution in [0.2, 0.25) is 10.0 Å². The summed E-state index contributed by atoms with van der Waals surface area (Å²) in [6.07, 6.45) is -0.309. The van der Waals surface area contributed by atoms with Crippen molar-refractivity contribution in [2.75, 3.05) is 31.6 Å². The number of morpholine rings is 1. The summed E-state index contributed by atoms with van der Waals surface area (Å²) in [6.45, 7) is 2.71. The molecule has 3 rings (SSSR count). The summed E-state index contributed by atoms with van der Waals surface area (Å²) in [4.78, 5) is 26.4. The molecule has 26 heavy (non-hydrogen) atoms. The van der Waals surface area contributed by atoms with E-state index in [1.54, 1.807) is 0 Å². The first-order valence-corrected chi connectivity index (χ1v) is 8.99. The number of benzene rings is 1. The largest absolute Gasteiger partial charge is 0.379 e. The minimum Gasteiger partial charge on any atom is -0.379 e. The predicted octanol–water partition coefficient (Wildman–Crippen LogP) is 1.55. The molecular formula is C16H19Cl2FN4O3. The first-order valence-electron chi connectivity index (χ1n) is 8.24. The number of carbonyl (C=O) groups excluding carboxylic acids is 2. The number of amides is 2. The molecule has 1 aromatic rings. The Morgan fingerprint density at radius 1 is 1.31 bits per heavy atom. The van der Waals surface area contributed by atoms with Crippen molar-refractivity contribution in [3.8, 4) is 0 Å². The van der Waals surface area contributed by atoms with Crippen molar-refractivity contribution in [1.82, 2.24) is 15.5 Å². The predicted molar refractivity (Wildman–Crippen MR) is 95.5 cm³/mol. The molecule has 142 valence electrons. The van der Waals surface area contributed by atoms with Gasteiger partial charge in [-0.1, -0.05) is 23.2 Å². The van der Waals surface area contributed by atoms with Crippen LogP contribution >= 0.6 is 23.2 Å². The number of carbonyl (C=O) groups is 2. The van der Waals surface area contributed by atoms with Crippen LogP contribution in [0.15, 0.2) is 12.1 Å². The van der Waals surface area contributed by atoms with Gasteiger partial charge in [-0.3, -0.25) is 19.8 Å². The minimum atomic E-state index is -0.735. The summed E-state index contributed by atoms with van der Waals surface area (Å²) in [5.41, 5.74) is 0.290. The lowest BCUT2D eigenvalue weighted by Gasteiger charge is -2.40. The maximum Gasteiger partial charge on any atom is 0.227 e. The maximum atomic E-state index is 13.4. The van der Waals surface area contributed by atoms with Crippen molar-refractivity contribution < 1.29 is 18.7 Å². The summed E-state index contributed by atoms with van der Waals surface area (Å²) >= 11 is 11.4. The van der Waals surface area contributed by atoms with Gasteiger partial charge in [0.2, 0.25) is 11.8 Å². The second kappa shape index (κ2) is 8.49. The Kier molecular flexibility index (Phi) is 6.31. The molecule has 0 aliphatic carbocycles. The number of ether oxygens (including phenoxy) is 1. The lowest BCUT2D eigenvalue weighted by Crippen LogP contribution is -2.63. The highest BCUT2D eigenvalue weighted by molar-refractivity contribution is 6.35. The fraction of sp³-hybridized carbons (Fsp3) is 0.500. The van der Waals surface area contributed by atoms with E-state index in [0.29, 0.717) is 25.3 Å². The number of rotatable bonds is 4. The highest BCUT2D eigenvalue weighted by atomic mass is 35.5. The van der Waals surface area contributed by atoms with Crippen LogP contribution in [0.5, 0.6) is 0 Å². The molecule has 0 spiro atoms. The van der Waals surface area contributed by atoms with Gasteiger partial charge >= 0.3 is 0 Å². The van der Waals surface area contributed by atoms with Crippen LogP contribution in [-0.4, -0.2) is 55.3 Å². The summed E-state index contributed by atoms with van der Waals surface area (Å²) in [7, 11) is 0. The molecule has 3 N–H and O–H groups in total. The molecule has 2 unspecified atom stereocenters. The van der Waals surface area contributed by atoms with Crippen molar-refractivity contribution in [2.45, 2.75) is 25.2 Å². The van der Waals surface area contributed by atoms with Gasteiger partial charge in [0.15, 0.2) is 5.82 Å². The van der Waals surface area contributed by atoms with Crippen molar-refractivity contribution in [1.29, 1.82) is 0 Å². The van der Waals surface area contributed by atoms with E-state index in [2.05, 4.69) is 20.9 Å². The number of nitrogens with zero attached hydrogens (tertiary/aromatic N) is 1. The summed E-state index contributed by atoms with van der Waals surface area (Å²) in [6, 6.07) is 2.56. The van der Waals surface area contributed by atoms with Crippen LogP contribution in [-0.2, 0) is 14.3 Å². The van der Waals surface area contributed by atoms with E-state index < -0.39 is 12.0 Å². The van der Waals surface area contributed by atoms with Crippen LogP contribution in [0.25, 0.3) is 0 Å². The Balaban J connectivity index is 1.58. The zero-order valence-corrected chi connectivity index (χ0v) is 15.4. The lowest BCUT2D eigenvalue weighted by molar-refractivity contribution is -0.128. The second-order valence-corrected chi connectivity index (χ2v) is 6.98. The van der Waals surface area contributed by atoms with Crippen molar-refractivity contribution in [3.63, 3.8) is 0 Å². The normalized spacial score (nSPS) is 24.2. The standard InChI is InChI=1S/C16H19Cl2FN4O3/c17-10-5-9(6-11(18)16(10)19)20-14(24)7-12-21-13(8-15(25)22-12)23-1-3-26-4-2-23/h5-6,12-13,21H,1-4,7-8H2,(H,20,24)(H,22,25). The second-order valence-electron chi connectivity index (χ2n) is 6.16. The molecular weight excluding hydrogens is 386 g/mol. The van der Waals surface area contributed by atoms with Crippen molar-refractivity contribution in [2.24, 2.45) is 0 Å². The molecule has 2 amide bonds. The smallest absolute Gasteiger partial charge is 0.227 e. The molecule has 0 saturated carbocycles. The average Bonchev–Trinajstić information content (AvgIpc) is 2.59. The molecule has 2 fully saturated rings. The molecule has 7 nitrogen and oxygen atoms in total. The summed E-state index contributed by atoms with van der Waals surface area (Å²) in [5.74, 6) is -1.21. The Bertz CT molecular complexity index is 677. The van der Waals surface area contributed by atoms with E-state index in [-0.39, 0.29) is 34.4 Å². The zero-order valence-electron chi connectivity index (χ0n) is 13.9. The number of hydrogen-bond acceptors (Lipinski definition) is 5. The molecule has 2 saturated heterocycles. The van der Waals surface area contributed by atoms with Crippen molar-refractivity contribution >= 4 is 40.7 Å². The lowest BCUT2D eigenvalue weighted by atomic mass is 10.1. The molecule has 0 aromatic heterocycles. The monoisotopic (exact) mass is 404 g/mol. The first kappa shape index (κ1) is 19.3. The molecule has 2 aliphatic heterocycles. The highest BCUT2D eigenvalue weighted by Crippen LogP contribution is 2.27. The van der Waals surface area contributed by atoms with Gasteiger partial charge < -0.3 is 15.4 Å². The number of hydrogen-bond donors (Lipinski definition) is 3. The first-order chi connectivity index (χ1) is 12.4. The van der Waals surface area contributed by atoms with Gasteiger partial charge in [-0.2, -0.15) is 0 Å². The van der Waals surface area contributed by atoms with E-state index in [4.69, 9.17) is 27.9 Å². The fourth-order valence-corrected chi connectivity index (χ4v) is 3.51. The molecule has 0 radical (unpaired) electrons. The fourth-order valence-electron chi connectivity index (χ4n) is 3.02. The van der Waals surface area contributed by atoms with Gasteiger partial charge in [0, 0.05) is 18.8 Å². The van der Waals surface area contributed by atoms with Gasteiger partial charge in [0.25, 0.3) is 0 Å². The molecule has 2 atom stereocenters.